The van der Waals surface area contributed by atoms with Crippen molar-refractivity contribution in [3.63, 3.8) is 0 Å². The Kier molecular flexibility index (Phi) is 27.3. The number of carbonyl (C=O) groups is 2. The van der Waals surface area contributed by atoms with Crippen LogP contribution in [0.15, 0.2) is 18.2 Å². The first-order valence-corrected chi connectivity index (χ1v) is 22.8. The van der Waals surface area contributed by atoms with Crippen LogP contribution in [-0.4, -0.2) is 41.1 Å². The van der Waals surface area contributed by atoms with Crippen molar-refractivity contribution < 1.29 is 19.3 Å². The molecule has 1 fully saturated rings. The molecule has 0 amide bonds. The van der Waals surface area contributed by atoms with Gasteiger partial charge in [-0.15, -0.1) is 0 Å². The predicted octanol–water partition coefficient (Wildman–Crippen LogP) is 13.3. The smallest absolute Gasteiger partial charge is 0.330 e. The molecule has 1 aliphatic rings. The molecule has 6 heteroatoms. The maximum atomic E-state index is 13.3. The first kappa shape index (κ1) is 56.0. The van der Waals surface area contributed by atoms with Gasteiger partial charge in [0.15, 0.2) is 0 Å². The number of aliphatic hydroxyl groups is 1. The molecule has 1 N–H and O–H groups in total. The van der Waals surface area contributed by atoms with E-state index in [1.807, 2.05) is 49.0 Å². The van der Waals surface area contributed by atoms with E-state index in [1.54, 1.807) is 13.8 Å². The molecule has 55 heavy (non-hydrogen) atoms. The molecule has 1 aromatic carbocycles. The van der Waals surface area contributed by atoms with E-state index >= 15 is 0 Å². The zero-order chi connectivity index (χ0) is 43.4. The molecule has 0 spiro atoms. The van der Waals surface area contributed by atoms with E-state index in [4.69, 9.17) is 9.76 Å². The van der Waals surface area contributed by atoms with Crippen LogP contribution in [0.1, 0.15) is 206 Å². The highest BCUT2D eigenvalue weighted by atomic mass is 32.1. The van der Waals surface area contributed by atoms with Crippen LogP contribution in [0.4, 0.5) is 0 Å². The fourth-order valence-electron chi connectivity index (χ4n) is 7.28. The molecule has 321 valence electrons. The van der Waals surface area contributed by atoms with Crippen molar-refractivity contribution >= 4 is 37.1 Å². The summed E-state index contributed by atoms with van der Waals surface area (Å²) >= 11 is 4.66. The summed E-state index contributed by atoms with van der Waals surface area (Å²) in [5.74, 6) is 4.61. The van der Waals surface area contributed by atoms with Gasteiger partial charge in [0, 0.05) is 22.0 Å². The van der Waals surface area contributed by atoms with Crippen LogP contribution in [0.3, 0.4) is 0 Å². The first-order valence-electron chi connectivity index (χ1n) is 22.4. The van der Waals surface area contributed by atoms with Crippen molar-refractivity contribution in [3.8, 4) is 0 Å². The van der Waals surface area contributed by atoms with Crippen LogP contribution in [0, 0.1) is 47.8 Å². The second kappa shape index (κ2) is 26.8. The number of aryl methyl sites for hydroxylation is 1. The van der Waals surface area contributed by atoms with Gasteiger partial charge in [0.2, 0.25) is 0 Å². The topological polar surface area (TPSA) is 63.6 Å². The summed E-state index contributed by atoms with van der Waals surface area (Å²) in [6.45, 7) is 39.9. The molecule has 4 nitrogen and oxygen atoms in total. The standard InChI is InChI=1S/C24H40BO2S.C9H18O2.C8H16.C8H18/c1-10-14-24(15-11-2,21(26)17(3)4)20-13-12-19(16-18(20)5)25-27-22(6,7)23(8,9)28;1-5-7(2)8(11)9(3,4)6-10;1-3-4-8-5-7(2)6-8;1-5-7(3)8(4)6-2/h12-13,16-17,28H,10-11,14-15H2,1-9H3;7,10H,5-6H2,1-4H3;7-8H,3-6H2,1-2H3;7-8H,5-6H2,1-4H3. The molecule has 1 radical (unpaired) electrons. The van der Waals surface area contributed by atoms with E-state index in [-0.39, 0.29) is 34.4 Å². The maximum Gasteiger partial charge on any atom is 0.330 e. The summed E-state index contributed by atoms with van der Waals surface area (Å²) in [7, 11) is 1.82. The number of ketones is 2. The molecule has 1 aliphatic carbocycles. The molecule has 2 rings (SSSR count). The van der Waals surface area contributed by atoms with Crippen molar-refractivity contribution in [2.75, 3.05) is 6.61 Å². The van der Waals surface area contributed by atoms with Crippen molar-refractivity contribution in [3.05, 3.63) is 29.3 Å². The zero-order valence-electron chi connectivity index (χ0n) is 39.9. The van der Waals surface area contributed by atoms with Gasteiger partial charge >= 0.3 is 7.48 Å². The lowest BCUT2D eigenvalue weighted by atomic mass is 9.66. The quantitative estimate of drug-likeness (QED) is 0.102. The van der Waals surface area contributed by atoms with Crippen molar-refractivity contribution in [1.29, 1.82) is 0 Å². The Morgan fingerprint density at radius 2 is 1.31 bits per heavy atom. The van der Waals surface area contributed by atoms with Crippen LogP contribution >= 0.6 is 12.6 Å². The Labute approximate surface area is 350 Å². The van der Waals surface area contributed by atoms with E-state index < -0.39 is 11.0 Å². The SMILES string of the molecule is CCC(C)C(=O)C(C)(C)CO.CCC(C)C(C)CC.CCCC(CCC)(C(=O)C(C)C)c1ccc([B]OC(C)(C)C(C)(C)S)cc1C.CCCC1CC(C)C1. The minimum atomic E-state index is -0.560. The monoisotopic (exact) mass is 788 g/mol. The Balaban J connectivity index is 0. The van der Waals surface area contributed by atoms with E-state index in [1.165, 1.54) is 44.1 Å². The third-order valence-corrected chi connectivity index (χ3v) is 13.2. The molecule has 1 aromatic rings. The number of hydrogen-bond donors (Lipinski definition) is 2. The average molecular weight is 788 g/mol. The maximum absolute atomic E-state index is 13.3. The Morgan fingerprint density at radius 3 is 1.64 bits per heavy atom. The van der Waals surface area contributed by atoms with Gasteiger partial charge < -0.3 is 9.76 Å². The second-order valence-corrected chi connectivity index (χ2v) is 20.3. The molecular weight excluding hydrogens is 695 g/mol. The molecule has 0 heterocycles. The van der Waals surface area contributed by atoms with Gasteiger partial charge in [-0.3, -0.25) is 9.59 Å². The summed E-state index contributed by atoms with van der Waals surface area (Å²) < 4.78 is 5.81. The zero-order valence-corrected chi connectivity index (χ0v) is 40.8. The highest BCUT2D eigenvalue weighted by molar-refractivity contribution is 7.81. The number of benzene rings is 1. The third kappa shape index (κ3) is 19.0. The summed E-state index contributed by atoms with van der Waals surface area (Å²) in [5.41, 5.74) is 2.02. The van der Waals surface area contributed by atoms with Gasteiger partial charge in [-0.2, -0.15) is 12.6 Å². The third-order valence-electron chi connectivity index (χ3n) is 12.6. The lowest BCUT2D eigenvalue weighted by Gasteiger charge is -2.38. The summed E-state index contributed by atoms with van der Waals surface area (Å²) in [4.78, 5) is 24.8. The molecule has 3 atom stereocenters. The van der Waals surface area contributed by atoms with E-state index in [0.29, 0.717) is 5.78 Å². The second-order valence-electron chi connectivity index (χ2n) is 19.2. The Morgan fingerprint density at radius 1 is 0.818 bits per heavy atom. The number of thiol groups is 1. The Bertz CT molecular complexity index is 1180. The van der Waals surface area contributed by atoms with Gasteiger partial charge in [-0.05, 0) is 102 Å². The molecule has 0 aliphatic heterocycles. The van der Waals surface area contributed by atoms with Gasteiger partial charge in [-0.25, -0.2) is 0 Å². The van der Waals surface area contributed by atoms with Crippen LogP contribution in [0.25, 0.3) is 0 Å². The molecule has 3 unspecified atom stereocenters. The van der Waals surface area contributed by atoms with Crippen molar-refractivity contribution in [2.24, 2.45) is 40.9 Å². The van der Waals surface area contributed by atoms with Crippen LogP contribution < -0.4 is 5.46 Å². The fraction of sp³-hybridized carbons (Fsp3) is 0.837. The average Bonchev–Trinajstić information content (AvgIpc) is 3.12. The highest BCUT2D eigenvalue weighted by Crippen LogP contribution is 2.39. The van der Waals surface area contributed by atoms with E-state index in [2.05, 4.69) is 107 Å². The van der Waals surface area contributed by atoms with Gasteiger partial charge in [-0.1, -0.05) is 159 Å². The molecule has 0 bridgehead atoms. The molecular formula is C49H92BO4S. The van der Waals surface area contributed by atoms with Crippen molar-refractivity contribution in [2.45, 2.75) is 218 Å². The minimum absolute atomic E-state index is 0.0329. The number of hydrogen-bond acceptors (Lipinski definition) is 5. The molecule has 0 saturated heterocycles. The summed E-state index contributed by atoms with van der Waals surface area (Å²) in [6, 6.07) is 6.37. The predicted molar refractivity (Wildman–Crippen MR) is 247 cm³/mol. The lowest BCUT2D eigenvalue weighted by Crippen LogP contribution is -2.46. The molecule has 1 saturated carbocycles. The Hall–Kier alpha value is -1.11. The number of aliphatic hydroxyl groups excluding tert-OH is 1. The van der Waals surface area contributed by atoms with Crippen LogP contribution in [0.5, 0.6) is 0 Å². The number of carbonyl (C=O) groups excluding carboxylic acids is 2. The van der Waals surface area contributed by atoms with Crippen LogP contribution in [0.2, 0.25) is 0 Å². The number of rotatable bonds is 20. The normalized spacial score (nSPS) is 17.6. The van der Waals surface area contributed by atoms with E-state index in [0.717, 1.165) is 66.8 Å². The summed E-state index contributed by atoms with van der Waals surface area (Å²) in [5, 5.41) is 8.89. The minimum Gasteiger partial charge on any atom is -0.428 e. The first-order chi connectivity index (χ1) is 25.3. The number of Topliss-reactive ketones (excluding diaryl/α,β-unsaturated/α-hetero) is 2. The summed E-state index contributed by atoms with van der Waals surface area (Å²) in [6.07, 6.45) is 13.2. The fourth-order valence-corrected chi connectivity index (χ4v) is 7.34. The van der Waals surface area contributed by atoms with Gasteiger partial charge in [0.25, 0.3) is 0 Å². The van der Waals surface area contributed by atoms with Crippen molar-refractivity contribution in [1.82, 2.24) is 0 Å². The van der Waals surface area contributed by atoms with Gasteiger partial charge in [0.05, 0.1) is 17.6 Å². The van der Waals surface area contributed by atoms with Crippen LogP contribution in [-0.2, 0) is 19.7 Å². The highest BCUT2D eigenvalue weighted by Gasteiger charge is 2.40. The van der Waals surface area contributed by atoms with E-state index in [9.17, 15) is 9.59 Å². The lowest BCUT2D eigenvalue weighted by molar-refractivity contribution is -0.132. The van der Waals surface area contributed by atoms with Gasteiger partial charge in [0.1, 0.15) is 11.6 Å². The molecule has 0 aromatic heterocycles. The largest absolute Gasteiger partial charge is 0.428 e.